The average molecular weight is 341 g/mol. The fourth-order valence-electron chi connectivity index (χ4n) is 1.57. The monoisotopic (exact) mass is 340 g/mol. The Bertz CT molecular complexity index is 601. The van der Waals surface area contributed by atoms with Gasteiger partial charge in [-0.3, -0.25) is 4.68 Å². The third kappa shape index (κ3) is 3.57. The number of nitrogens with zero attached hydrogens (tertiary/aromatic N) is 4. The molecule has 0 aromatic carbocycles. The van der Waals surface area contributed by atoms with Crippen LogP contribution < -0.4 is 0 Å². The van der Waals surface area contributed by atoms with Crippen LogP contribution in [0.4, 0.5) is 0 Å². The van der Waals surface area contributed by atoms with Gasteiger partial charge in [0.2, 0.25) is 0 Å². The van der Waals surface area contributed by atoms with E-state index >= 15 is 0 Å². The van der Waals surface area contributed by atoms with Crippen LogP contribution in [0.2, 0.25) is 0 Å². The van der Waals surface area contributed by atoms with Gasteiger partial charge in [0.15, 0.2) is 0 Å². The molecule has 0 N–H and O–H groups in total. The smallest absolute Gasteiger partial charge is 0.136 e. The molecule has 0 fully saturated rings. The molecule has 0 saturated carbocycles. The molecular formula is C13H17BrN4S. The number of aromatic nitrogens is 4. The Morgan fingerprint density at radius 1 is 1.21 bits per heavy atom. The zero-order valence-electron chi connectivity index (χ0n) is 11.7. The summed E-state index contributed by atoms with van der Waals surface area (Å²) in [5.74, 6) is 0.836. The van der Waals surface area contributed by atoms with Gasteiger partial charge in [-0.05, 0) is 28.9 Å². The molecule has 0 aliphatic rings. The highest BCUT2D eigenvalue weighted by molar-refractivity contribution is 9.10. The van der Waals surface area contributed by atoms with Crippen molar-refractivity contribution in [2.45, 2.75) is 43.2 Å². The molecule has 2 aromatic rings. The van der Waals surface area contributed by atoms with Gasteiger partial charge < -0.3 is 0 Å². The van der Waals surface area contributed by atoms with Crippen molar-refractivity contribution in [1.82, 2.24) is 19.7 Å². The SMILES string of the molecule is Cc1cc(Sc2cc(Br)nc(C(C)(C)C)n2)n(C)n1. The summed E-state index contributed by atoms with van der Waals surface area (Å²) in [6.45, 7) is 8.31. The van der Waals surface area contributed by atoms with E-state index in [4.69, 9.17) is 0 Å². The van der Waals surface area contributed by atoms with Gasteiger partial charge in [0.05, 0.1) is 5.69 Å². The molecule has 19 heavy (non-hydrogen) atoms. The Hall–Kier alpha value is -0.880. The van der Waals surface area contributed by atoms with Gasteiger partial charge in [-0.15, -0.1) is 0 Å². The Labute approximate surface area is 126 Å². The summed E-state index contributed by atoms with van der Waals surface area (Å²) in [5, 5.41) is 6.34. The second-order valence-electron chi connectivity index (χ2n) is 5.45. The van der Waals surface area contributed by atoms with E-state index in [9.17, 15) is 0 Å². The van der Waals surface area contributed by atoms with Gasteiger partial charge >= 0.3 is 0 Å². The van der Waals surface area contributed by atoms with Crippen LogP contribution in [0, 0.1) is 6.92 Å². The van der Waals surface area contributed by atoms with Gasteiger partial charge in [-0.2, -0.15) is 5.10 Å². The highest BCUT2D eigenvalue weighted by Crippen LogP contribution is 2.30. The normalized spacial score (nSPS) is 11.9. The highest BCUT2D eigenvalue weighted by Gasteiger charge is 2.19. The molecule has 6 heteroatoms. The molecule has 0 atom stereocenters. The highest BCUT2D eigenvalue weighted by atomic mass is 79.9. The molecule has 0 unspecified atom stereocenters. The van der Waals surface area contributed by atoms with E-state index < -0.39 is 0 Å². The quantitative estimate of drug-likeness (QED) is 0.781. The lowest BCUT2D eigenvalue weighted by atomic mass is 9.96. The minimum atomic E-state index is -0.0680. The van der Waals surface area contributed by atoms with Crippen LogP contribution in [0.15, 0.2) is 26.8 Å². The first-order chi connectivity index (χ1) is 8.75. The molecule has 0 aliphatic carbocycles. The first-order valence-electron chi connectivity index (χ1n) is 5.99. The number of aryl methyl sites for hydroxylation is 2. The van der Waals surface area contributed by atoms with E-state index in [0.29, 0.717) is 0 Å². The van der Waals surface area contributed by atoms with E-state index in [-0.39, 0.29) is 5.41 Å². The molecule has 4 nitrogen and oxygen atoms in total. The van der Waals surface area contributed by atoms with Crippen molar-refractivity contribution in [3.8, 4) is 0 Å². The van der Waals surface area contributed by atoms with Crippen molar-refractivity contribution < 1.29 is 0 Å². The molecule has 0 spiro atoms. The third-order valence-electron chi connectivity index (χ3n) is 2.51. The molecule has 2 aromatic heterocycles. The molecule has 2 heterocycles. The van der Waals surface area contributed by atoms with Crippen molar-refractivity contribution in [3.63, 3.8) is 0 Å². The van der Waals surface area contributed by atoms with E-state index in [0.717, 1.165) is 26.2 Å². The minimum absolute atomic E-state index is 0.0680. The fourth-order valence-corrected chi connectivity index (χ4v) is 3.03. The second-order valence-corrected chi connectivity index (χ2v) is 7.31. The van der Waals surface area contributed by atoms with Crippen LogP contribution >= 0.6 is 27.7 Å². The Kier molecular flexibility index (Phi) is 4.01. The Morgan fingerprint density at radius 3 is 2.42 bits per heavy atom. The molecule has 0 saturated heterocycles. The van der Waals surface area contributed by atoms with Crippen LogP contribution in [0.25, 0.3) is 0 Å². The Morgan fingerprint density at radius 2 is 1.89 bits per heavy atom. The lowest BCUT2D eigenvalue weighted by Crippen LogP contribution is -2.16. The minimum Gasteiger partial charge on any atom is -0.261 e. The van der Waals surface area contributed by atoms with Crippen LogP contribution in [0.1, 0.15) is 32.3 Å². The zero-order valence-corrected chi connectivity index (χ0v) is 14.1. The van der Waals surface area contributed by atoms with E-state index in [1.54, 1.807) is 11.8 Å². The number of rotatable bonds is 2. The molecule has 102 valence electrons. The van der Waals surface area contributed by atoms with Crippen molar-refractivity contribution in [1.29, 1.82) is 0 Å². The third-order valence-corrected chi connectivity index (χ3v) is 3.93. The summed E-state index contributed by atoms with van der Waals surface area (Å²) in [7, 11) is 1.94. The molecular weight excluding hydrogens is 324 g/mol. The van der Waals surface area contributed by atoms with Crippen molar-refractivity contribution in [2.24, 2.45) is 7.05 Å². The number of halogens is 1. The summed E-state index contributed by atoms with van der Waals surface area (Å²) in [4.78, 5) is 9.08. The topological polar surface area (TPSA) is 43.6 Å². The Balaban J connectivity index is 2.35. The van der Waals surface area contributed by atoms with Gasteiger partial charge in [-0.25, -0.2) is 9.97 Å². The average Bonchev–Trinajstić information content (AvgIpc) is 2.55. The van der Waals surface area contributed by atoms with E-state index in [2.05, 4.69) is 57.8 Å². The maximum absolute atomic E-state index is 4.63. The predicted molar refractivity (Wildman–Crippen MR) is 80.5 cm³/mol. The lowest BCUT2D eigenvalue weighted by molar-refractivity contribution is 0.536. The predicted octanol–water partition coefficient (Wildman–Crippen LogP) is 3.73. The fraction of sp³-hybridized carbons (Fsp3) is 0.462. The lowest BCUT2D eigenvalue weighted by Gasteiger charge is -2.17. The number of hydrogen-bond donors (Lipinski definition) is 0. The van der Waals surface area contributed by atoms with Gasteiger partial charge in [0.1, 0.15) is 20.5 Å². The second kappa shape index (κ2) is 5.25. The first kappa shape index (κ1) is 14.5. The number of hydrogen-bond acceptors (Lipinski definition) is 4. The molecule has 0 aliphatic heterocycles. The molecule has 0 bridgehead atoms. The van der Waals surface area contributed by atoms with E-state index in [1.165, 1.54) is 0 Å². The van der Waals surface area contributed by atoms with Crippen LogP contribution in [-0.4, -0.2) is 19.7 Å². The van der Waals surface area contributed by atoms with Gasteiger partial charge in [0.25, 0.3) is 0 Å². The van der Waals surface area contributed by atoms with Crippen molar-refractivity contribution >= 4 is 27.7 Å². The molecule has 0 amide bonds. The largest absolute Gasteiger partial charge is 0.261 e. The van der Waals surface area contributed by atoms with Crippen molar-refractivity contribution in [2.75, 3.05) is 0 Å². The summed E-state index contributed by atoms with van der Waals surface area (Å²) < 4.78 is 2.68. The molecule has 2 rings (SSSR count). The first-order valence-corrected chi connectivity index (χ1v) is 7.60. The maximum atomic E-state index is 4.63. The maximum Gasteiger partial charge on any atom is 0.136 e. The summed E-state index contributed by atoms with van der Waals surface area (Å²) >= 11 is 5.05. The standard InChI is InChI=1S/C13H17BrN4S/c1-8-6-11(18(5)17-8)19-10-7-9(14)15-12(16-10)13(2,3)4/h6-7H,1-5H3. The summed E-state index contributed by atoms with van der Waals surface area (Å²) in [6.07, 6.45) is 0. The summed E-state index contributed by atoms with van der Waals surface area (Å²) in [6, 6.07) is 3.99. The van der Waals surface area contributed by atoms with Crippen LogP contribution in [0.5, 0.6) is 0 Å². The van der Waals surface area contributed by atoms with Crippen molar-refractivity contribution in [3.05, 3.63) is 28.3 Å². The van der Waals surface area contributed by atoms with Gasteiger partial charge in [-0.1, -0.05) is 32.5 Å². The van der Waals surface area contributed by atoms with Crippen LogP contribution in [0.3, 0.4) is 0 Å². The zero-order chi connectivity index (χ0) is 14.2. The van der Waals surface area contributed by atoms with Crippen LogP contribution in [-0.2, 0) is 12.5 Å². The summed E-state index contributed by atoms with van der Waals surface area (Å²) in [5.41, 5.74) is 0.940. The van der Waals surface area contributed by atoms with Gasteiger partial charge in [0, 0.05) is 18.5 Å². The molecule has 0 radical (unpaired) electrons. The van der Waals surface area contributed by atoms with E-state index in [1.807, 2.05) is 24.7 Å².